The number of hydrogen-bond donors (Lipinski definition) is 2. The van der Waals surface area contributed by atoms with Crippen LogP contribution in [0.3, 0.4) is 0 Å². The molecule has 1 saturated heterocycles. The van der Waals surface area contributed by atoms with Crippen LogP contribution in [0.1, 0.15) is 10.4 Å². The predicted molar refractivity (Wildman–Crippen MR) is 88.6 cm³/mol. The van der Waals surface area contributed by atoms with Crippen molar-refractivity contribution in [3.8, 4) is 0 Å². The van der Waals surface area contributed by atoms with E-state index in [1.165, 1.54) is 18.2 Å². The molecule has 23 heavy (non-hydrogen) atoms. The van der Waals surface area contributed by atoms with E-state index in [2.05, 4.69) is 9.80 Å². The Hall–Kier alpha value is -2.76. The highest BCUT2D eigenvalue weighted by atomic mass is 19.1. The summed E-state index contributed by atoms with van der Waals surface area (Å²) in [5.74, 6) is -1.22. The molecule has 0 unspecified atom stereocenters. The molecule has 1 aliphatic rings. The average Bonchev–Trinajstić information content (AvgIpc) is 2.56. The third-order valence-electron chi connectivity index (χ3n) is 4.09. The largest absolute Gasteiger partial charge is 0.478 e. The molecule has 0 atom stereocenters. The molecule has 3 N–H and O–H groups in total. The molecule has 0 aromatic heterocycles. The highest BCUT2D eigenvalue weighted by molar-refractivity contribution is 5.90. The van der Waals surface area contributed by atoms with Gasteiger partial charge in [-0.05, 0) is 42.5 Å². The lowest BCUT2D eigenvalue weighted by atomic mass is 10.1. The van der Waals surface area contributed by atoms with Gasteiger partial charge in [-0.2, -0.15) is 0 Å². The van der Waals surface area contributed by atoms with E-state index in [0.717, 1.165) is 37.6 Å². The zero-order valence-corrected chi connectivity index (χ0v) is 12.6. The van der Waals surface area contributed by atoms with Crippen LogP contribution in [0.15, 0.2) is 42.5 Å². The number of nitrogen functional groups attached to an aromatic ring is 1. The Morgan fingerprint density at radius 3 is 2.17 bits per heavy atom. The SMILES string of the molecule is Nc1cc(C(=O)O)ccc1N1CCN(c2ccc(F)cc2)CC1. The van der Waals surface area contributed by atoms with Crippen LogP contribution < -0.4 is 15.5 Å². The molecule has 6 heteroatoms. The Balaban J connectivity index is 1.69. The minimum Gasteiger partial charge on any atom is -0.478 e. The van der Waals surface area contributed by atoms with Gasteiger partial charge < -0.3 is 20.6 Å². The molecule has 0 spiro atoms. The first-order chi connectivity index (χ1) is 11.0. The number of anilines is 3. The van der Waals surface area contributed by atoms with Gasteiger partial charge in [0.1, 0.15) is 5.82 Å². The van der Waals surface area contributed by atoms with E-state index in [-0.39, 0.29) is 11.4 Å². The normalized spacial score (nSPS) is 14.8. The molecule has 0 radical (unpaired) electrons. The van der Waals surface area contributed by atoms with Crippen LogP contribution in [-0.4, -0.2) is 37.3 Å². The molecule has 0 saturated carbocycles. The van der Waals surface area contributed by atoms with E-state index in [0.29, 0.717) is 5.69 Å². The van der Waals surface area contributed by atoms with Gasteiger partial charge in [-0.25, -0.2) is 9.18 Å². The van der Waals surface area contributed by atoms with Crippen molar-refractivity contribution in [1.29, 1.82) is 0 Å². The molecule has 1 heterocycles. The molecular formula is C17H18FN3O2. The van der Waals surface area contributed by atoms with Crippen LogP contribution in [0.25, 0.3) is 0 Å². The van der Waals surface area contributed by atoms with Crippen LogP contribution in [0.5, 0.6) is 0 Å². The van der Waals surface area contributed by atoms with Crippen molar-refractivity contribution in [3.63, 3.8) is 0 Å². The van der Waals surface area contributed by atoms with Crippen molar-refractivity contribution in [2.75, 3.05) is 41.7 Å². The predicted octanol–water partition coefficient (Wildman–Crippen LogP) is 2.43. The maximum Gasteiger partial charge on any atom is 0.335 e. The van der Waals surface area contributed by atoms with Crippen LogP contribution in [0.2, 0.25) is 0 Å². The minimum atomic E-state index is -0.982. The Morgan fingerprint density at radius 1 is 1.00 bits per heavy atom. The second-order valence-electron chi connectivity index (χ2n) is 5.53. The summed E-state index contributed by atoms with van der Waals surface area (Å²) >= 11 is 0. The summed E-state index contributed by atoms with van der Waals surface area (Å²) in [5, 5.41) is 8.99. The highest BCUT2D eigenvalue weighted by Crippen LogP contribution is 2.26. The van der Waals surface area contributed by atoms with Crippen molar-refractivity contribution >= 4 is 23.0 Å². The Kier molecular flexibility index (Phi) is 4.06. The second kappa shape index (κ2) is 6.16. The molecule has 5 nitrogen and oxygen atoms in total. The number of rotatable bonds is 3. The first-order valence-corrected chi connectivity index (χ1v) is 7.43. The third-order valence-corrected chi connectivity index (χ3v) is 4.09. The van der Waals surface area contributed by atoms with Crippen molar-refractivity contribution in [3.05, 3.63) is 53.8 Å². The molecular weight excluding hydrogens is 297 g/mol. The standard InChI is InChI=1S/C17H18FN3O2/c18-13-2-4-14(5-3-13)20-7-9-21(10-8-20)16-6-1-12(17(22)23)11-15(16)19/h1-6,11H,7-10,19H2,(H,22,23). The molecule has 0 bridgehead atoms. The molecule has 3 rings (SSSR count). The molecule has 1 aliphatic heterocycles. The summed E-state index contributed by atoms with van der Waals surface area (Å²) in [6.45, 7) is 3.14. The van der Waals surface area contributed by atoms with Gasteiger partial charge in [0.25, 0.3) is 0 Å². The van der Waals surface area contributed by atoms with Gasteiger partial charge >= 0.3 is 5.97 Å². The molecule has 0 aliphatic carbocycles. The van der Waals surface area contributed by atoms with E-state index in [9.17, 15) is 9.18 Å². The van der Waals surface area contributed by atoms with Gasteiger partial charge in [-0.1, -0.05) is 0 Å². The number of nitrogens with zero attached hydrogens (tertiary/aromatic N) is 2. The maximum absolute atomic E-state index is 13.0. The number of carboxylic acids is 1. The number of piperazine rings is 1. The van der Waals surface area contributed by atoms with E-state index in [1.807, 2.05) is 0 Å². The number of carbonyl (C=O) groups is 1. The van der Waals surface area contributed by atoms with Gasteiger partial charge in [0, 0.05) is 31.9 Å². The highest BCUT2D eigenvalue weighted by Gasteiger charge is 2.19. The van der Waals surface area contributed by atoms with Crippen molar-refractivity contribution in [1.82, 2.24) is 0 Å². The number of aromatic carboxylic acids is 1. The summed E-state index contributed by atoms with van der Waals surface area (Å²) in [5.41, 5.74) is 8.51. The number of halogens is 1. The lowest BCUT2D eigenvalue weighted by Crippen LogP contribution is -2.46. The smallest absolute Gasteiger partial charge is 0.335 e. The first kappa shape index (κ1) is 15.1. The quantitative estimate of drug-likeness (QED) is 0.851. The molecule has 2 aromatic rings. The fourth-order valence-electron chi connectivity index (χ4n) is 2.83. The zero-order valence-electron chi connectivity index (χ0n) is 12.6. The lowest BCUT2D eigenvalue weighted by Gasteiger charge is -2.37. The second-order valence-corrected chi connectivity index (χ2v) is 5.53. The van der Waals surface area contributed by atoms with E-state index >= 15 is 0 Å². The fraction of sp³-hybridized carbons (Fsp3) is 0.235. The average molecular weight is 315 g/mol. The van der Waals surface area contributed by atoms with Gasteiger partial charge in [-0.15, -0.1) is 0 Å². The van der Waals surface area contributed by atoms with Crippen LogP contribution >= 0.6 is 0 Å². The first-order valence-electron chi connectivity index (χ1n) is 7.43. The third kappa shape index (κ3) is 3.21. The summed E-state index contributed by atoms with van der Waals surface area (Å²) < 4.78 is 13.0. The summed E-state index contributed by atoms with van der Waals surface area (Å²) in [7, 11) is 0. The van der Waals surface area contributed by atoms with Gasteiger partial charge in [0.05, 0.1) is 16.9 Å². The van der Waals surface area contributed by atoms with Crippen LogP contribution in [0, 0.1) is 5.82 Å². The van der Waals surface area contributed by atoms with E-state index in [4.69, 9.17) is 10.8 Å². The van der Waals surface area contributed by atoms with Crippen LogP contribution in [0.4, 0.5) is 21.5 Å². The maximum atomic E-state index is 13.0. The van der Waals surface area contributed by atoms with E-state index < -0.39 is 5.97 Å². The number of benzene rings is 2. The monoisotopic (exact) mass is 315 g/mol. The molecule has 2 aromatic carbocycles. The molecule has 120 valence electrons. The minimum absolute atomic E-state index is 0.191. The van der Waals surface area contributed by atoms with Crippen molar-refractivity contribution < 1.29 is 14.3 Å². The van der Waals surface area contributed by atoms with Gasteiger partial charge in [0.15, 0.2) is 0 Å². The zero-order chi connectivity index (χ0) is 16.4. The summed E-state index contributed by atoms with van der Waals surface area (Å²) in [4.78, 5) is 15.3. The summed E-state index contributed by atoms with van der Waals surface area (Å²) in [6, 6.07) is 11.3. The van der Waals surface area contributed by atoms with E-state index in [1.54, 1.807) is 24.3 Å². The fourth-order valence-corrected chi connectivity index (χ4v) is 2.83. The topological polar surface area (TPSA) is 69.8 Å². The van der Waals surface area contributed by atoms with Gasteiger partial charge in [-0.3, -0.25) is 0 Å². The Bertz CT molecular complexity index is 710. The lowest BCUT2D eigenvalue weighted by molar-refractivity contribution is 0.0697. The summed E-state index contributed by atoms with van der Waals surface area (Å²) in [6.07, 6.45) is 0. The number of nitrogens with two attached hydrogens (primary N) is 1. The Morgan fingerprint density at radius 2 is 1.61 bits per heavy atom. The number of carboxylic acid groups (broad SMARTS) is 1. The number of hydrogen-bond acceptors (Lipinski definition) is 4. The van der Waals surface area contributed by atoms with Crippen molar-refractivity contribution in [2.45, 2.75) is 0 Å². The van der Waals surface area contributed by atoms with Crippen LogP contribution in [-0.2, 0) is 0 Å². The van der Waals surface area contributed by atoms with Gasteiger partial charge in [0.2, 0.25) is 0 Å². The molecule has 1 fully saturated rings. The van der Waals surface area contributed by atoms with Crippen molar-refractivity contribution in [2.24, 2.45) is 0 Å². The Labute approximate surface area is 133 Å². The molecule has 0 amide bonds.